The van der Waals surface area contributed by atoms with Crippen LogP contribution >= 0.6 is 0 Å². The monoisotopic (exact) mass is 348 g/mol. The van der Waals surface area contributed by atoms with Crippen molar-refractivity contribution in [3.8, 4) is 0 Å². The Labute approximate surface area is 150 Å². The smallest absolute Gasteiger partial charge is 0.196 e. The molecule has 3 N–H and O–H groups in total. The van der Waals surface area contributed by atoms with E-state index in [1.54, 1.807) is 48.6 Å². The van der Waals surface area contributed by atoms with E-state index in [9.17, 15) is 14.0 Å². The fourth-order valence-corrected chi connectivity index (χ4v) is 2.99. The summed E-state index contributed by atoms with van der Waals surface area (Å²) in [5.41, 5.74) is 6.74. The molecule has 1 aliphatic rings. The number of anilines is 2. The van der Waals surface area contributed by atoms with Crippen LogP contribution in [0.2, 0.25) is 0 Å². The number of ketones is 2. The van der Waals surface area contributed by atoms with E-state index < -0.39 is 11.6 Å². The Morgan fingerprint density at radius 2 is 1.77 bits per heavy atom. The predicted molar refractivity (Wildman–Crippen MR) is 101 cm³/mol. The van der Waals surface area contributed by atoms with E-state index in [0.717, 1.165) is 6.07 Å². The summed E-state index contributed by atoms with van der Waals surface area (Å²) in [5.74, 6) is -1.59. The van der Waals surface area contributed by atoms with Gasteiger partial charge in [-0.05, 0) is 19.1 Å². The first-order valence-corrected chi connectivity index (χ1v) is 8.02. The highest BCUT2D eigenvalue weighted by Gasteiger charge is 2.34. The maximum Gasteiger partial charge on any atom is 0.196 e. The molecule has 0 amide bonds. The summed E-state index contributed by atoms with van der Waals surface area (Å²) >= 11 is 0. The molecule has 0 saturated carbocycles. The standard InChI is InChI=1S/C21H17FN2O2/c1-3-7-12(8-4-2)24-16-11-15(22)19(23)18-17(16)20(25)13-9-5-6-10-14(13)21(18)26/h3-11,24H,1,23H2,2H3/b8-4-,12-7+. The lowest BCUT2D eigenvalue weighted by Gasteiger charge is -2.22. The maximum atomic E-state index is 14.4. The summed E-state index contributed by atoms with van der Waals surface area (Å²) in [6.07, 6.45) is 6.75. The first kappa shape index (κ1) is 17.4. The second-order valence-corrected chi connectivity index (χ2v) is 5.76. The topological polar surface area (TPSA) is 72.2 Å². The normalized spacial score (nSPS) is 13.5. The number of carbonyl (C=O) groups excluding carboxylic acids is 2. The van der Waals surface area contributed by atoms with Crippen LogP contribution in [0.4, 0.5) is 15.8 Å². The number of allylic oxidation sites excluding steroid dienone is 4. The number of hydrogen-bond acceptors (Lipinski definition) is 4. The van der Waals surface area contributed by atoms with Crippen molar-refractivity contribution in [1.29, 1.82) is 0 Å². The second-order valence-electron chi connectivity index (χ2n) is 5.76. The van der Waals surface area contributed by atoms with Gasteiger partial charge in [-0.3, -0.25) is 9.59 Å². The number of nitrogens with two attached hydrogens (primary N) is 1. The number of halogens is 1. The van der Waals surface area contributed by atoms with Crippen molar-refractivity contribution < 1.29 is 14.0 Å². The van der Waals surface area contributed by atoms with E-state index in [-0.39, 0.29) is 39.4 Å². The number of hydrogen-bond donors (Lipinski definition) is 2. The minimum Gasteiger partial charge on any atom is -0.396 e. The fourth-order valence-electron chi connectivity index (χ4n) is 2.99. The highest BCUT2D eigenvalue weighted by atomic mass is 19.1. The molecule has 0 saturated heterocycles. The van der Waals surface area contributed by atoms with Gasteiger partial charge < -0.3 is 11.1 Å². The zero-order chi connectivity index (χ0) is 18.8. The van der Waals surface area contributed by atoms with Crippen LogP contribution in [0.3, 0.4) is 0 Å². The van der Waals surface area contributed by atoms with Gasteiger partial charge >= 0.3 is 0 Å². The number of benzene rings is 2. The largest absolute Gasteiger partial charge is 0.396 e. The first-order chi connectivity index (χ1) is 12.5. The molecular weight excluding hydrogens is 331 g/mol. The van der Waals surface area contributed by atoms with E-state index in [1.807, 2.05) is 6.92 Å². The molecule has 0 radical (unpaired) electrons. The lowest BCUT2D eigenvalue weighted by Crippen LogP contribution is -2.24. The average Bonchev–Trinajstić information content (AvgIpc) is 2.63. The van der Waals surface area contributed by atoms with Gasteiger partial charge in [-0.1, -0.05) is 43.0 Å². The van der Waals surface area contributed by atoms with Gasteiger partial charge in [-0.25, -0.2) is 4.39 Å². The predicted octanol–water partition coefficient (Wildman–Crippen LogP) is 4.24. The molecule has 1 aliphatic carbocycles. The summed E-state index contributed by atoms with van der Waals surface area (Å²) in [6, 6.07) is 7.58. The van der Waals surface area contributed by atoms with E-state index in [0.29, 0.717) is 5.70 Å². The van der Waals surface area contributed by atoms with Crippen molar-refractivity contribution in [2.45, 2.75) is 6.92 Å². The zero-order valence-corrected chi connectivity index (χ0v) is 14.2. The Balaban J connectivity index is 2.26. The van der Waals surface area contributed by atoms with Gasteiger partial charge in [0.05, 0.1) is 22.5 Å². The quantitative estimate of drug-likeness (QED) is 0.546. The van der Waals surface area contributed by atoms with E-state index in [1.165, 1.54) is 0 Å². The van der Waals surface area contributed by atoms with Gasteiger partial charge in [0.2, 0.25) is 0 Å². The maximum absolute atomic E-state index is 14.4. The molecule has 3 rings (SSSR count). The highest BCUT2D eigenvalue weighted by molar-refractivity contribution is 6.31. The first-order valence-electron chi connectivity index (χ1n) is 8.02. The Hall–Kier alpha value is -3.47. The SMILES string of the molecule is C=C/C=C(\C=C/C)Nc1cc(F)c(N)c2c1C(=O)c1ccccc1C2=O. The molecular formula is C21H17FN2O2. The van der Waals surface area contributed by atoms with Gasteiger partial charge in [0.1, 0.15) is 5.82 Å². The molecule has 2 aromatic carbocycles. The van der Waals surface area contributed by atoms with E-state index >= 15 is 0 Å². The van der Waals surface area contributed by atoms with Crippen molar-refractivity contribution in [2.24, 2.45) is 0 Å². The zero-order valence-electron chi connectivity index (χ0n) is 14.2. The molecule has 0 atom stereocenters. The molecule has 4 nitrogen and oxygen atoms in total. The summed E-state index contributed by atoms with van der Waals surface area (Å²) < 4.78 is 14.4. The molecule has 2 aromatic rings. The van der Waals surface area contributed by atoms with Crippen molar-refractivity contribution in [3.63, 3.8) is 0 Å². The average molecular weight is 348 g/mol. The molecule has 5 heteroatoms. The van der Waals surface area contributed by atoms with Crippen molar-refractivity contribution in [3.05, 3.63) is 95.0 Å². The van der Waals surface area contributed by atoms with Crippen LogP contribution in [-0.2, 0) is 0 Å². The second kappa shape index (κ2) is 6.80. The van der Waals surface area contributed by atoms with Crippen molar-refractivity contribution in [1.82, 2.24) is 0 Å². The fraction of sp³-hybridized carbons (Fsp3) is 0.0476. The summed E-state index contributed by atoms with van der Waals surface area (Å²) in [4.78, 5) is 25.9. The Morgan fingerprint density at radius 1 is 1.15 bits per heavy atom. The third kappa shape index (κ3) is 2.73. The number of nitrogens with one attached hydrogen (secondary N) is 1. The molecule has 0 fully saturated rings. The van der Waals surface area contributed by atoms with Crippen molar-refractivity contribution in [2.75, 3.05) is 11.1 Å². The van der Waals surface area contributed by atoms with Gasteiger partial charge in [0.25, 0.3) is 0 Å². The van der Waals surface area contributed by atoms with Gasteiger partial charge in [0.15, 0.2) is 11.6 Å². The minimum atomic E-state index is -0.759. The van der Waals surface area contributed by atoms with E-state index in [2.05, 4.69) is 11.9 Å². The van der Waals surface area contributed by atoms with Crippen molar-refractivity contribution >= 4 is 22.9 Å². The molecule has 130 valence electrons. The molecule has 0 spiro atoms. The number of fused-ring (bicyclic) bond motifs is 2. The number of rotatable bonds is 4. The van der Waals surface area contributed by atoms with Crippen LogP contribution in [0.5, 0.6) is 0 Å². The van der Waals surface area contributed by atoms with Gasteiger partial charge in [-0.2, -0.15) is 0 Å². The minimum absolute atomic E-state index is 0.0760. The Kier molecular flexibility index (Phi) is 4.54. The Morgan fingerprint density at radius 3 is 2.35 bits per heavy atom. The van der Waals surface area contributed by atoms with Crippen LogP contribution < -0.4 is 11.1 Å². The molecule has 0 bridgehead atoms. The van der Waals surface area contributed by atoms with E-state index in [4.69, 9.17) is 5.73 Å². The van der Waals surface area contributed by atoms with Crippen LogP contribution in [0, 0.1) is 5.82 Å². The molecule has 0 aromatic heterocycles. The highest BCUT2D eigenvalue weighted by Crippen LogP contribution is 2.37. The third-order valence-corrected chi connectivity index (χ3v) is 4.11. The Bertz CT molecular complexity index is 1000. The lowest BCUT2D eigenvalue weighted by atomic mass is 9.82. The van der Waals surface area contributed by atoms with Gasteiger partial charge in [-0.15, -0.1) is 0 Å². The lowest BCUT2D eigenvalue weighted by molar-refractivity contribution is 0.0980. The van der Waals surface area contributed by atoms with Crippen LogP contribution in [0.25, 0.3) is 0 Å². The molecule has 0 aliphatic heterocycles. The summed E-state index contributed by atoms with van der Waals surface area (Å²) in [7, 11) is 0. The number of nitrogen functional groups attached to an aromatic ring is 1. The molecule has 0 heterocycles. The van der Waals surface area contributed by atoms with Crippen LogP contribution in [-0.4, -0.2) is 11.6 Å². The summed E-state index contributed by atoms with van der Waals surface area (Å²) in [6.45, 7) is 5.46. The van der Waals surface area contributed by atoms with Crippen LogP contribution in [0.15, 0.2) is 66.9 Å². The third-order valence-electron chi connectivity index (χ3n) is 4.11. The van der Waals surface area contributed by atoms with Gasteiger partial charge in [0, 0.05) is 22.9 Å². The summed E-state index contributed by atoms with van der Waals surface area (Å²) in [5, 5.41) is 2.99. The molecule has 26 heavy (non-hydrogen) atoms. The number of carbonyl (C=O) groups is 2. The van der Waals surface area contributed by atoms with Crippen LogP contribution in [0.1, 0.15) is 38.8 Å². The molecule has 0 unspecified atom stereocenters.